The molecule has 0 aromatic rings. The van der Waals surface area contributed by atoms with Crippen molar-refractivity contribution in [3.63, 3.8) is 0 Å². The Kier molecular flexibility index (Phi) is 12.9. The highest BCUT2D eigenvalue weighted by Gasteiger charge is 2.29. The second kappa shape index (κ2) is 14.7. The van der Waals surface area contributed by atoms with Gasteiger partial charge in [0.2, 0.25) is 0 Å². The zero-order valence-corrected chi connectivity index (χ0v) is 17.4. The summed E-state index contributed by atoms with van der Waals surface area (Å²) in [7, 11) is 0. The fourth-order valence-corrected chi connectivity index (χ4v) is 3.57. The lowest BCUT2D eigenvalue weighted by Crippen LogP contribution is -2.09. The van der Waals surface area contributed by atoms with Gasteiger partial charge in [0.1, 0.15) is 0 Å². The van der Waals surface area contributed by atoms with Crippen LogP contribution >= 0.6 is 0 Å². The molecule has 0 bridgehead atoms. The molecule has 0 aliphatic heterocycles. The number of rotatable bonds is 16. The topological polar surface area (TPSA) is 57.5 Å². The van der Waals surface area contributed by atoms with Gasteiger partial charge in [0.15, 0.2) is 0 Å². The first-order valence-corrected chi connectivity index (χ1v) is 11.0. The summed E-state index contributed by atoms with van der Waals surface area (Å²) >= 11 is 0. The highest BCUT2D eigenvalue weighted by atomic mass is 16.4. The van der Waals surface area contributed by atoms with E-state index in [4.69, 9.17) is 5.11 Å². The van der Waals surface area contributed by atoms with Crippen molar-refractivity contribution in [3.05, 3.63) is 36.0 Å². The molecule has 1 rings (SSSR count). The van der Waals surface area contributed by atoms with Crippen LogP contribution in [0.15, 0.2) is 36.0 Å². The predicted octanol–water partition coefficient (Wildman–Crippen LogP) is 6.44. The minimum Gasteiger partial charge on any atom is -0.478 e. The van der Waals surface area contributed by atoms with E-state index in [1.54, 1.807) is 6.08 Å². The fraction of sp³-hybridized carbons (Fsp3) is 0.708. The van der Waals surface area contributed by atoms with Crippen molar-refractivity contribution < 1.29 is 15.0 Å². The quantitative estimate of drug-likeness (QED) is 0.141. The lowest BCUT2D eigenvalue weighted by atomic mass is 9.91. The first-order chi connectivity index (χ1) is 13.0. The summed E-state index contributed by atoms with van der Waals surface area (Å²) in [4.78, 5) is 10.4. The molecule has 0 aromatic carbocycles. The standard InChI is InChI=1S/C24H40O3/c1-3-4-5-6-7-10-13-21(22-18-19-22)17-16-20(2)23(25)14-11-8-9-12-15-24(26)27/h8-9,12,15-16,21-23,25H,3-7,10-11,13-14,17-19H2,1-2H3,(H,26,27). The number of unbranched alkanes of at least 4 members (excludes halogenated alkanes) is 5. The minimum absolute atomic E-state index is 0.396. The highest BCUT2D eigenvalue weighted by molar-refractivity contribution is 5.80. The Hall–Kier alpha value is -1.35. The molecule has 2 N–H and O–H groups in total. The van der Waals surface area contributed by atoms with Crippen LogP contribution in [0.1, 0.15) is 90.9 Å². The number of carbonyl (C=O) groups is 1. The van der Waals surface area contributed by atoms with Crippen molar-refractivity contribution in [2.24, 2.45) is 11.8 Å². The monoisotopic (exact) mass is 376 g/mol. The van der Waals surface area contributed by atoms with E-state index in [1.807, 2.05) is 13.0 Å². The number of carboxylic acid groups (broad SMARTS) is 1. The van der Waals surface area contributed by atoms with Gasteiger partial charge in [0.25, 0.3) is 0 Å². The molecule has 2 atom stereocenters. The van der Waals surface area contributed by atoms with Gasteiger partial charge in [-0.1, -0.05) is 69.8 Å². The molecule has 3 nitrogen and oxygen atoms in total. The van der Waals surface area contributed by atoms with Crippen molar-refractivity contribution in [1.82, 2.24) is 0 Å². The van der Waals surface area contributed by atoms with Crippen LogP contribution in [0.2, 0.25) is 0 Å². The summed E-state index contributed by atoms with van der Waals surface area (Å²) in [5, 5.41) is 18.8. The first kappa shape index (κ1) is 23.7. The summed E-state index contributed by atoms with van der Waals surface area (Å²) in [6.45, 7) is 4.30. The van der Waals surface area contributed by atoms with E-state index in [2.05, 4.69) is 13.0 Å². The Morgan fingerprint density at radius 2 is 1.78 bits per heavy atom. The molecule has 1 aliphatic carbocycles. The summed E-state index contributed by atoms with van der Waals surface area (Å²) in [6.07, 6.45) is 23.0. The highest BCUT2D eigenvalue weighted by Crippen LogP contribution is 2.41. The Morgan fingerprint density at radius 3 is 2.44 bits per heavy atom. The van der Waals surface area contributed by atoms with Gasteiger partial charge in [0, 0.05) is 6.08 Å². The van der Waals surface area contributed by atoms with Crippen LogP contribution in [0.4, 0.5) is 0 Å². The lowest BCUT2D eigenvalue weighted by molar-refractivity contribution is -0.131. The summed E-state index contributed by atoms with van der Waals surface area (Å²) in [6, 6.07) is 0. The number of aliphatic hydroxyl groups is 1. The Balaban J connectivity index is 2.26. The van der Waals surface area contributed by atoms with Crippen LogP contribution in [-0.2, 0) is 4.79 Å². The van der Waals surface area contributed by atoms with Gasteiger partial charge in [-0.2, -0.15) is 0 Å². The van der Waals surface area contributed by atoms with E-state index in [0.29, 0.717) is 6.42 Å². The third-order valence-electron chi connectivity index (χ3n) is 5.58. The minimum atomic E-state index is -0.940. The maximum absolute atomic E-state index is 10.4. The molecule has 0 amide bonds. The van der Waals surface area contributed by atoms with E-state index < -0.39 is 12.1 Å². The van der Waals surface area contributed by atoms with Crippen LogP contribution in [0.3, 0.4) is 0 Å². The predicted molar refractivity (Wildman–Crippen MR) is 114 cm³/mol. The Labute approximate surface area is 166 Å². The molecular weight excluding hydrogens is 336 g/mol. The number of aliphatic carboxylic acids is 1. The van der Waals surface area contributed by atoms with Gasteiger partial charge in [0.05, 0.1) is 6.10 Å². The largest absolute Gasteiger partial charge is 0.478 e. The van der Waals surface area contributed by atoms with Gasteiger partial charge < -0.3 is 10.2 Å². The molecule has 0 spiro atoms. The second-order valence-electron chi connectivity index (χ2n) is 8.06. The molecule has 1 saturated carbocycles. The van der Waals surface area contributed by atoms with Gasteiger partial charge in [-0.15, -0.1) is 0 Å². The molecule has 1 fully saturated rings. The molecular formula is C24H40O3. The van der Waals surface area contributed by atoms with Crippen LogP contribution < -0.4 is 0 Å². The average Bonchev–Trinajstić information content (AvgIpc) is 3.47. The molecule has 0 saturated heterocycles. The van der Waals surface area contributed by atoms with Crippen LogP contribution in [0.5, 0.6) is 0 Å². The van der Waals surface area contributed by atoms with E-state index >= 15 is 0 Å². The van der Waals surface area contributed by atoms with E-state index in [0.717, 1.165) is 36.3 Å². The number of hydrogen-bond acceptors (Lipinski definition) is 2. The fourth-order valence-electron chi connectivity index (χ4n) is 3.57. The van der Waals surface area contributed by atoms with Crippen LogP contribution in [-0.4, -0.2) is 22.3 Å². The van der Waals surface area contributed by atoms with Crippen molar-refractivity contribution in [2.45, 2.75) is 97.0 Å². The zero-order chi connectivity index (χ0) is 19.9. The first-order valence-electron chi connectivity index (χ1n) is 11.0. The molecule has 0 heterocycles. The Morgan fingerprint density at radius 1 is 1.07 bits per heavy atom. The summed E-state index contributed by atoms with van der Waals surface area (Å²) < 4.78 is 0. The van der Waals surface area contributed by atoms with E-state index in [-0.39, 0.29) is 0 Å². The third kappa shape index (κ3) is 12.6. The molecule has 0 radical (unpaired) electrons. The van der Waals surface area contributed by atoms with Crippen LogP contribution in [0, 0.1) is 11.8 Å². The Bertz CT molecular complexity index is 486. The normalized spacial score (nSPS) is 17.7. The lowest BCUT2D eigenvalue weighted by Gasteiger charge is -2.16. The number of aliphatic hydroxyl groups excluding tert-OH is 1. The number of allylic oxidation sites excluding steroid dienone is 4. The van der Waals surface area contributed by atoms with E-state index in [9.17, 15) is 9.90 Å². The summed E-state index contributed by atoms with van der Waals surface area (Å²) in [5.74, 6) is 0.787. The smallest absolute Gasteiger partial charge is 0.328 e. The molecule has 27 heavy (non-hydrogen) atoms. The van der Waals surface area contributed by atoms with Crippen LogP contribution in [0.25, 0.3) is 0 Å². The van der Waals surface area contributed by atoms with Gasteiger partial charge in [-0.3, -0.25) is 0 Å². The van der Waals surface area contributed by atoms with Crippen molar-refractivity contribution >= 4 is 5.97 Å². The molecule has 0 aromatic heterocycles. The van der Waals surface area contributed by atoms with Crippen molar-refractivity contribution in [3.8, 4) is 0 Å². The average molecular weight is 377 g/mol. The third-order valence-corrected chi connectivity index (χ3v) is 5.58. The maximum Gasteiger partial charge on any atom is 0.328 e. The van der Waals surface area contributed by atoms with E-state index in [1.165, 1.54) is 63.9 Å². The second-order valence-corrected chi connectivity index (χ2v) is 8.06. The number of hydrogen-bond donors (Lipinski definition) is 2. The van der Waals surface area contributed by atoms with Crippen molar-refractivity contribution in [2.75, 3.05) is 0 Å². The molecule has 2 unspecified atom stereocenters. The number of carboxylic acids is 1. The molecule has 1 aliphatic rings. The van der Waals surface area contributed by atoms with Gasteiger partial charge in [-0.25, -0.2) is 4.79 Å². The zero-order valence-electron chi connectivity index (χ0n) is 17.4. The van der Waals surface area contributed by atoms with Gasteiger partial charge in [-0.05, 0) is 62.9 Å². The SMILES string of the molecule is CCCCCCCCC(CC=C(C)C(O)CCC=CC=CC(=O)O)C1CC1. The van der Waals surface area contributed by atoms with Crippen molar-refractivity contribution in [1.29, 1.82) is 0 Å². The molecule has 154 valence electrons. The maximum atomic E-state index is 10.4. The summed E-state index contributed by atoms with van der Waals surface area (Å²) in [5.41, 5.74) is 1.08. The molecule has 3 heteroatoms. The van der Waals surface area contributed by atoms with Gasteiger partial charge >= 0.3 is 5.97 Å².